The molecule has 10 nitrogen and oxygen atoms in total. The summed E-state index contributed by atoms with van der Waals surface area (Å²) in [5.41, 5.74) is 3.65. The SMILES string of the molecule is O=C(Nc1ccc(C2OC(CSc3nnnn3-c3ccc(O)cc3)CC(c3ccc(CO)cc3)O2)cc1)C(Cl)(Cl)Cl. The van der Waals surface area contributed by atoms with Gasteiger partial charge in [0.25, 0.3) is 9.70 Å². The van der Waals surface area contributed by atoms with E-state index in [1.165, 1.54) is 11.8 Å². The van der Waals surface area contributed by atoms with E-state index >= 15 is 0 Å². The largest absolute Gasteiger partial charge is 0.508 e. The summed E-state index contributed by atoms with van der Waals surface area (Å²) in [5.74, 6) is -0.0871. The topological polar surface area (TPSA) is 132 Å². The number of phenolic OH excluding ortho intramolecular Hbond substituents is 1. The zero-order valence-electron chi connectivity index (χ0n) is 21.2. The lowest BCUT2D eigenvalue weighted by Gasteiger charge is -2.36. The predicted molar refractivity (Wildman–Crippen MR) is 155 cm³/mol. The Morgan fingerprint density at radius 1 is 1.00 bits per heavy atom. The fraction of sp³-hybridized carbons (Fsp3) is 0.259. The highest BCUT2D eigenvalue weighted by atomic mass is 35.6. The quantitative estimate of drug-likeness (QED) is 0.169. The van der Waals surface area contributed by atoms with Crippen molar-refractivity contribution < 1.29 is 24.5 Å². The number of rotatable bonds is 8. The van der Waals surface area contributed by atoms with Crippen LogP contribution in [0.15, 0.2) is 78.0 Å². The number of alkyl halides is 3. The molecule has 1 aliphatic heterocycles. The lowest BCUT2D eigenvalue weighted by atomic mass is 10.0. The number of aliphatic hydroxyl groups excluding tert-OH is 1. The number of carbonyl (C=O) groups is 1. The first-order valence-corrected chi connectivity index (χ1v) is 14.5. The van der Waals surface area contributed by atoms with Crippen LogP contribution in [0.4, 0.5) is 5.69 Å². The number of amides is 1. The Labute approximate surface area is 254 Å². The van der Waals surface area contributed by atoms with Crippen LogP contribution in [0.25, 0.3) is 5.69 Å². The molecule has 3 unspecified atom stereocenters. The highest BCUT2D eigenvalue weighted by Crippen LogP contribution is 2.39. The smallest absolute Gasteiger partial charge is 0.276 e. The minimum absolute atomic E-state index is 0.0479. The minimum atomic E-state index is -2.08. The maximum Gasteiger partial charge on any atom is 0.276 e. The summed E-state index contributed by atoms with van der Waals surface area (Å²) in [6.07, 6.45) is -0.665. The van der Waals surface area contributed by atoms with Crippen molar-refractivity contribution in [1.82, 2.24) is 20.2 Å². The van der Waals surface area contributed by atoms with Crippen LogP contribution in [0.3, 0.4) is 0 Å². The molecule has 1 aliphatic rings. The number of halogens is 3. The van der Waals surface area contributed by atoms with E-state index in [9.17, 15) is 15.0 Å². The van der Waals surface area contributed by atoms with Crippen LogP contribution in [-0.2, 0) is 20.9 Å². The van der Waals surface area contributed by atoms with Gasteiger partial charge in [0.15, 0.2) is 6.29 Å². The fourth-order valence-corrected chi connectivity index (χ4v) is 5.19. The average Bonchev–Trinajstić information content (AvgIpc) is 3.45. The third-order valence-corrected chi connectivity index (χ3v) is 7.81. The second kappa shape index (κ2) is 13.0. The summed E-state index contributed by atoms with van der Waals surface area (Å²) in [5, 5.41) is 34.2. The van der Waals surface area contributed by atoms with Gasteiger partial charge < -0.3 is 25.0 Å². The van der Waals surface area contributed by atoms with Crippen molar-refractivity contribution in [3.8, 4) is 11.4 Å². The number of phenols is 1. The second-order valence-electron chi connectivity index (χ2n) is 9.12. The number of aromatic hydroxyl groups is 1. The van der Waals surface area contributed by atoms with Gasteiger partial charge in [0.05, 0.1) is 24.5 Å². The molecule has 2 heterocycles. The van der Waals surface area contributed by atoms with Gasteiger partial charge in [-0.3, -0.25) is 4.79 Å². The first-order chi connectivity index (χ1) is 19.7. The molecule has 0 bridgehead atoms. The molecule has 0 spiro atoms. The molecular formula is C27H24Cl3N5O5S. The van der Waals surface area contributed by atoms with Crippen molar-refractivity contribution in [2.45, 2.75) is 40.5 Å². The zero-order chi connectivity index (χ0) is 29.0. The minimum Gasteiger partial charge on any atom is -0.508 e. The Morgan fingerprint density at radius 2 is 1.68 bits per heavy atom. The lowest BCUT2D eigenvalue weighted by molar-refractivity contribution is -0.245. The van der Waals surface area contributed by atoms with E-state index < -0.39 is 16.0 Å². The molecule has 1 aromatic heterocycles. The summed E-state index contributed by atoms with van der Waals surface area (Å²) in [6.45, 7) is -0.0479. The maximum atomic E-state index is 12.0. The second-order valence-corrected chi connectivity index (χ2v) is 12.4. The Kier molecular flexibility index (Phi) is 9.35. The van der Waals surface area contributed by atoms with Gasteiger partial charge in [-0.05, 0) is 58.0 Å². The van der Waals surface area contributed by atoms with Crippen LogP contribution in [0.5, 0.6) is 5.75 Å². The number of tetrazole rings is 1. The van der Waals surface area contributed by atoms with E-state index in [2.05, 4.69) is 20.8 Å². The lowest BCUT2D eigenvalue weighted by Crippen LogP contribution is -2.31. The maximum absolute atomic E-state index is 12.0. The van der Waals surface area contributed by atoms with Crippen LogP contribution in [-0.4, -0.2) is 52.0 Å². The van der Waals surface area contributed by atoms with Gasteiger partial charge in [-0.15, -0.1) is 5.10 Å². The Balaban J connectivity index is 1.33. The standard InChI is InChI=1S/C27H24Cl3N5O5S/c28-27(29,30)25(38)31-19-7-5-18(6-8-19)24-39-22(13-23(40-24)17-3-1-16(14-36)2-4-17)15-41-26-32-33-34-35(26)20-9-11-21(37)12-10-20/h1-12,22-24,36-37H,13-15H2,(H,31,38). The van der Waals surface area contributed by atoms with Crippen molar-refractivity contribution in [2.75, 3.05) is 11.1 Å². The molecule has 0 saturated carbocycles. The molecular weight excluding hydrogens is 613 g/mol. The molecule has 5 rings (SSSR count). The summed E-state index contributed by atoms with van der Waals surface area (Å²) < 4.78 is 12.2. The summed E-state index contributed by atoms with van der Waals surface area (Å²) in [4.78, 5) is 12.0. The molecule has 0 radical (unpaired) electrons. The van der Waals surface area contributed by atoms with E-state index in [1.807, 2.05) is 24.3 Å². The highest BCUT2D eigenvalue weighted by Gasteiger charge is 2.33. The van der Waals surface area contributed by atoms with Gasteiger partial charge in [0, 0.05) is 23.4 Å². The van der Waals surface area contributed by atoms with Crippen molar-refractivity contribution in [3.63, 3.8) is 0 Å². The van der Waals surface area contributed by atoms with Crippen LogP contribution >= 0.6 is 46.6 Å². The average molecular weight is 637 g/mol. The number of aliphatic hydroxyl groups is 1. The van der Waals surface area contributed by atoms with Crippen molar-refractivity contribution >= 4 is 58.2 Å². The number of nitrogens with zero attached hydrogens (tertiary/aromatic N) is 4. The number of aromatic nitrogens is 4. The number of thioether (sulfide) groups is 1. The van der Waals surface area contributed by atoms with E-state index in [0.717, 1.165) is 16.7 Å². The Bertz CT molecular complexity index is 1470. The van der Waals surface area contributed by atoms with Gasteiger partial charge in [-0.25, -0.2) is 0 Å². The molecule has 0 aliphatic carbocycles. The number of ether oxygens (including phenoxy) is 2. The zero-order valence-corrected chi connectivity index (χ0v) is 24.3. The van der Waals surface area contributed by atoms with Crippen LogP contribution < -0.4 is 5.32 Å². The molecule has 14 heteroatoms. The predicted octanol–water partition coefficient (Wildman–Crippen LogP) is 5.51. The van der Waals surface area contributed by atoms with E-state index in [1.54, 1.807) is 53.2 Å². The van der Waals surface area contributed by atoms with Crippen LogP contribution in [0.2, 0.25) is 0 Å². The molecule has 41 heavy (non-hydrogen) atoms. The van der Waals surface area contributed by atoms with E-state index in [0.29, 0.717) is 28.7 Å². The molecule has 3 aromatic carbocycles. The normalized spacial score (nSPS) is 19.2. The monoisotopic (exact) mass is 635 g/mol. The third kappa shape index (κ3) is 7.49. The van der Waals surface area contributed by atoms with Gasteiger partial charge >= 0.3 is 0 Å². The molecule has 1 amide bonds. The van der Waals surface area contributed by atoms with Gasteiger partial charge in [0.2, 0.25) is 5.16 Å². The number of nitrogens with one attached hydrogen (secondary N) is 1. The van der Waals surface area contributed by atoms with Gasteiger partial charge in [0.1, 0.15) is 5.75 Å². The fourth-order valence-electron chi connectivity index (χ4n) is 4.14. The van der Waals surface area contributed by atoms with Crippen molar-refractivity contribution in [1.29, 1.82) is 0 Å². The molecule has 4 aromatic rings. The first-order valence-electron chi connectivity index (χ1n) is 12.4. The number of hydrogen-bond acceptors (Lipinski definition) is 9. The molecule has 1 fully saturated rings. The first kappa shape index (κ1) is 29.6. The molecule has 1 saturated heterocycles. The number of benzene rings is 3. The highest BCUT2D eigenvalue weighted by molar-refractivity contribution is 7.99. The summed E-state index contributed by atoms with van der Waals surface area (Å²) in [6, 6.07) is 21.1. The van der Waals surface area contributed by atoms with E-state index in [-0.39, 0.29) is 24.6 Å². The van der Waals surface area contributed by atoms with Crippen LogP contribution in [0, 0.1) is 0 Å². The van der Waals surface area contributed by atoms with Crippen molar-refractivity contribution in [2.24, 2.45) is 0 Å². The Morgan fingerprint density at radius 3 is 2.34 bits per heavy atom. The molecule has 3 atom stereocenters. The number of carbonyl (C=O) groups excluding carboxylic acids is 1. The molecule has 3 N–H and O–H groups in total. The summed E-state index contributed by atoms with van der Waals surface area (Å²) >= 11 is 18.4. The Hall–Kier alpha value is -2.90. The van der Waals surface area contributed by atoms with Crippen molar-refractivity contribution in [3.05, 3.63) is 89.5 Å². The summed E-state index contributed by atoms with van der Waals surface area (Å²) in [7, 11) is 0. The van der Waals surface area contributed by atoms with Gasteiger partial charge in [-0.1, -0.05) is 83.0 Å². The number of hydrogen-bond donors (Lipinski definition) is 3. The molecule has 214 valence electrons. The van der Waals surface area contributed by atoms with Crippen LogP contribution in [0.1, 0.15) is 35.5 Å². The number of anilines is 1. The third-order valence-electron chi connectivity index (χ3n) is 6.25. The van der Waals surface area contributed by atoms with E-state index in [4.69, 9.17) is 44.3 Å². The van der Waals surface area contributed by atoms with Gasteiger partial charge in [-0.2, -0.15) is 4.68 Å².